The number of ether oxygens (including phenoxy) is 1. The number of halogens is 2. The van der Waals surface area contributed by atoms with Crippen LogP contribution in [0.2, 0.25) is 10.0 Å². The fourth-order valence-corrected chi connectivity index (χ4v) is 6.06. The average molecular weight is 635 g/mol. The summed E-state index contributed by atoms with van der Waals surface area (Å²) in [5, 5.41) is 3.60. The molecule has 226 valence electrons. The fourth-order valence-electron chi connectivity index (χ4n) is 4.32. The second-order valence-corrected chi connectivity index (χ2v) is 13.6. The van der Waals surface area contributed by atoms with Crippen molar-refractivity contribution in [2.45, 2.75) is 64.1 Å². The van der Waals surface area contributed by atoms with Crippen molar-refractivity contribution in [2.24, 2.45) is 0 Å². The van der Waals surface area contributed by atoms with E-state index < -0.39 is 34.1 Å². The van der Waals surface area contributed by atoms with E-state index in [1.54, 1.807) is 61.5 Å². The van der Waals surface area contributed by atoms with E-state index in [1.165, 1.54) is 24.1 Å². The van der Waals surface area contributed by atoms with Gasteiger partial charge in [0.25, 0.3) is 10.0 Å². The molecule has 0 radical (unpaired) electrons. The Morgan fingerprint density at radius 2 is 1.57 bits per heavy atom. The maximum atomic E-state index is 14.2. The molecule has 0 aliphatic carbocycles. The lowest BCUT2D eigenvalue weighted by molar-refractivity contribution is -0.141. The van der Waals surface area contributed by atoms with Crippen LogP contribution >= 0.6 is 23.2 Å². The minimum Gasteiger partial charge on any atom is -0.497 e. The number of anilines is 1. The van der Waals surface area contributed by atoms with Gasteiger partial charge in [0, 0.05) is 12.1 Å². The standard InChI is InChI=1S/C31H37Cl2N3O5S/c1-7-28(30(38)34-31(3,4)5)35(19-22-10-17-26(32)27(33)18-22)29(37)20-36(23-11-8-21(2)9-12-23)42(39,40)25-15-13-24(41-6)14-16-25/h8-18,28H,7,19-20H2,1-6H3,(H,34,38). The van der Waals surface area contributed by atoms with Crippen molar-refractivity contribution < 1.29 is 22.7 Å². The van der Waals surface area contributed by atoms with Crippen LogP contribution in [0.15, 0.2) is 71.6 Å². The lowest BCUT2D eigenvalue weighted by Crippen LogP contribution is -2.55. The van der Waals surface area contributed by atoms with Gasteiger partial charge in [-0.05, 0) is 88.2 Å². The van der Waals surface area contributed by atoms with Crippen LogP contribution < -0.4 is 14.4 Å². The number of carbonyl (C=O) groups excluding carboxylic acids is 2. The molecular formula is C31H37Cl2N3O5S. The van der Waals surface area contributed by atoms with Crippen LogP contribution in [0.25, 0.3) is 0 Å². The smallest absolute Gasteiger partial charge is 0.264 e. The molecule has 0 bridgehead atoms. The first kappa shape index (κ1) is 33.2. The molecule has 42 heavy (non-hydrogen) atoms. The third kappa shape index (κ3) is 8.40. The highest BCUT2D eigenvalue weighted by Crippen LogP contribution is 2.28. The van der Waals surface area contributed by atoms with Gasteiger partial charge in [-0.3, -0.25) is 13.9 Å². The molecule has 2 amide bonds. The van der Waals surface area contributed by atoms with E-state index in [2.05, 4.69) is 5.32 Å². The lowest BCUT2D eigenvalue weighted by atomic mass is 10.1. The Hall–Kier alpha value is -3.27. The minimum absolute atomic E-state index is 0.00905. The molecule has 1 atom stereocenters. The summed E-state index contributed by atoms with van der Waals surface area (Å²) in [4.78, 5) is 29.0. The molecule has 11 heteroatoms. The van der Waals surface area contributed by atoms with E-state index in [0.29, 0.717) is 33.5 Å². The number of hydrogen-bond acceptors (Lipinski definition) is 5. The highest BCUT2D eigenvalue weighted by Gasteiger charge is 2.34. The highest BCUT2D eigenvalue weighted by atomic mass is 35.5. The summed E-state index contributed by atoms with van der Waals surface area (Å²) < 4.78 is 34.2. The normalized spacial score (nSPS) is 12.4. The quantitative estimate of drug-likeness (QED) is 0.270. The predicted octanol–water partition coefficient (Wildman–Crippen LogP) is 6.23. The first-order valence-electron chi connectivity index (χ1n) is 13.4. The van der Waals surface area contributed by atoms with Gasteiger partial charge in [-0.1, -0.05) is 53.9 Å². The van der Waals surface area contributed by atoms with Gasteiger partial charge in [0.2, 0.25) is 11.8 Å². The van der Waals surface area contributed by atoms with Crippen LogP contribution in [0.4, 0.5) is 5.69 Å². The van der Waals surface area contributed by atoms with E-state index in [-0.39, 0.29) is 17.3 Å². The third-order valence-electron chi connectivity index (χ3n) is 6.47. The monoisotopic (exact) mass is 633 g/mol. The molecule has 1 unspecified atom stereocenters. The van der Waals surface area contributed by atoms with Gasteiger partial charge in [0.1, 0.15) is 18.3 Å². The Bertz CT molecular complexity index is 1510. The summed E-state index contributed by atoms with van der Waals surface area (Å²) in [7, 11) is -2.71. The fraction of sp³-hybridized carbons (Fsp3) is 0.355. The summed E-state index contributed by atoms with van der Waals surface area (Å²) in [5.74, 6) is -0.414. The zero-order valence-electron chi connectivity index (χ0n) is 24.6. The molecule has 0 fully saturated rings. The Morgan fingerprint density at radius 1 is 0.952 bits per heavy atom. The molecule has 8 nitrogen and oxygen atoms in total. The number of amides is 2. The van der Waals surface area contributed by atoms with Crippen molar-refractivity contribution in [3.63, 3.8) is 0 Å². The predicted molar refractivity (Wildman–Crippen MR) is 168 cm³/mol. The number of benzene rings is 3. The Kier molecular flexibility index (Phi) is 10.9. The molecule has 0 saturated heterocycles. The second-order valence-electron chi connectivity index (χ2n) is 11.0. The summed E-state index contributed by atoms with van der Waals surface area (Å²) in [6, 6.07) is 16.9. The van der Waals surface area contributed by atoms with Crippen molar-refractivity contribution in [3.05, 3.63) is 87.9 Å². The van der Waals surface area contributed by atoms with Crippen molar-refractivity contribution in [1.82, 2.24) is 10.2 Å². The van der Waals surface area contributed by atoms with E-state index in [1.807, 2.05) is 27.7 Å². The zero-order chi connectivity index (χ0) is 31.2. The topological polar surface area (TPSA) is 96.0 Å². The van der Waals surface area contributed by atoms with Crippen LogP contribution in [0.5, 0.6) is 5.75 Å². The number of hydrogen-bond donors (Lipinski definition) is 1. The molecule has 3 rings (SSSR count). The van der Waals surface area contributed by atoms with Gasteiger partial charge in [0.05, 0.1) is 27.7 Å². The molecule has 1 N–H and O–H groups in total. The van der Waals surface area contributed by atoms with Gasteiger partial charge in [-0.2, -0.15) is 0 Å². The Labute approximate surface area is 258 Å². The molecule has 0 saturated carbocycles. The first-order valence-corrected chi connectivity index (χ1v) is 15.6. The summed E-state index contributed by atoms with van der Waals surface area (Å²) in [6.45, 7) is 8.70. The van der Waals surface area contributed by atoms with Crippen LogP contribution in [-0.4, -0.2) is 50.4 Å². The van der Waals surface area contributed by atoms with Gasteiger partial charge < -0.3 is 15.0 Å². The number of nitrogens with zero attached hydrogens (tertiary/aromatic N) is 2. The molecule has 0 aliphatic rings. The van der Waals surface area contributed by atoms with Gasteiger partial charge >= 0.3 is 0 Å². The summed E-state index contributed by atoms with van der Waals surface area (Å²) in [5.41, 5.74) is 1.33. The van der Waals surface area contributed by atoms with Crippen LogP contribution in [0.3, 0.4) is 0 Å². The van der Waals surface area contributed by atoms with E-state index in [4.69, 9.17) is 27.9 Å². The van der Waals surface area contributed by atoms with Crippen molar-refractivity contribution in [1.29, 1.82) is 0 Å². The van der Waals surface area contributed by atoms with E-state index >= 15 is 0 Å². The first-order chi connectivity index (χ1) is 19.7. The van der Waals surface area contributed by atoms with Crippen LogP contribution in [0.1, 0.15) is 45.2 Å². The summed E-state index contributed by atoms with van der Waals surface area (Å²) in [6.07, 6.45) is 0.296. The highest BCUT2D eigenvalue weighted by molar-refractivity contribution is 7.92. The Morgan fingerprint density at radius 3 is 2.10 bits per heavy atom. The van der Waals surface area contributed by atoms with E-state index in [9.17, 15) is 18.0 Å². The van der Waals surface area contributed by atoms with Gasteiger partial charge in [-0.15, -0.1) is 0 Å². The molecular weight excluding hydrogens is 597 g/mol. The van der Waals surface area contributed by atoms with E-state index in [0.717, 1.165) is 9.87 Å². The minimum atomic E-state index is -4.20. The number of sulfonamides is 1. The maximum absolute atomic E-state index is 14.2. The number of methoxy groups -OCH3 is 1. The second kappa shape index (κ2) is 13.8. The molecule has 0 spiro atoms. The zero-order valence-corrected chi connectivity index (χ0v) is 27.0. The Balaban J connectivity index is 2.08. The maximum Gasteiger partial charge on any atom is 0.264 e. The molecule has 3 aromatic rings. The molecule has 0 heterocycles. The molecule has 3 aromatic carbocycles. The molecule has 0 aliphatic heterocycles. The number of nitrogens with one attached hydrogen (secondary N) is 1. The number of carbonyl (C=O) groups is 2. The van der Waals surface area contributed by atoms with Crippen molar-refractivity contribution in [2.75, 3.05) is 18.0 Å². The average Bonchev–Trinajstić information content (AvgIpc) is 2.93. The summed E-state index contributed by atoms with van der Waals surface area (Å²) >= 11 is 12.4. The third-order valence-corrected chi connectivity index (χ3v) is 9.00. The van der Waals surface area contributed by atoms with Crippen molar-refractivity contribution in [3.8, 4) is 5.75 Å². The number of aryl methyl sites for hydroxylation is 1. The van der Waals surface area contributed by atoms with Crippen molar-refractivity contribution >= 4 is 50.7 Å². The molecule has 0 aromatic heterocycles. The van der Waals surface area contributed by atoms with Crippen LogP contribution in [0, 0.1) is 6.92 Å². The van der Waals surface area contributed by atoms with Gasteiger partial charge in [0.15, 0.2) is 0 Å². The largest absolute Gasteiger partial charge is 0.497 e. The van der Waals surface area contributed by atoms with Crippen LogP contribution in [-0.2, 0) is 26.2 Å². The van der Waals surface area contributed by atoms with Gasteiger partial charge in [-0.25, -0.2) is 8.42 Å². The SMILES string of the molecule is CCC(C(=O)NC(C)(C)C)N(Cc1ccc(Cl)c(Cl)c1)C(=O)CN(c1ccc(C)cc1)S(=O)(=O)c1ccc(OC)cc1. The number of rotatable bonds is 11. The lowest BCUT2D eigenvalue weighted by Gasteiger charge is -2.34.